The highest BCUT2D eigenvalue weighted by molar-refractivity contribution is 5.84. The molecule has 9 atom stereocenters. The average Bonchev–Trinajstić information content (AvgIpc) is 2.91. The van der Waals surface area contributed by atoms with Crippen molar-refractivity contribution in [1.82, 2.24) is 0 Å². The van der Waals surface area contributed by atoms with Gasteiger partial charge in [-0.3, -0.25) is 9.59 Å². The van der Waals surface area contributed by atoms with Crippen LogP contribution in [0.25, 0.3) is 0 Å². The predicted molar refractivity (Wildman–Crippen MR) is 103 cm³/mol. The molecule has 4 rings (SSSR count). The average molecular weight is 377 g/mol. The van der Waals surface area contributed by atoms with Crippen molar-refractivity contribution in [3.63, 3.8) is 0 Å². The fourth-order valence-electron chi connectivity index (χ4n) is 8.21. The Morgan fingerprint density at radius 1 is 1.15 bits per heavy atom. The molecule has 0 amide bonds. The second kappa shape index (κ2) is 6.57. The number of hydrogen-bond acceptors (Lipinski definition) is 4. The first kappa shape index (κ1) is 19.4. The van der Waals surface area contributed by atoms with Gasteiger partial charge in [-0.05, 0) is 86.4 Å². The van der Waals surface area contributed by atoms with Gasteiger partial charge in [-0.1, -0.05) is 13.8 Å². The molecule has 0 aliphatic heterocycles. The Kier molecular flexibility index (Phi) is 4.73. The van der Waals surface area contributed by atoms with Gasteiger partial charge in [-0.25, -0.2) is 0 Å². The minimum absolute atomic E-state index is 0.0233. The number of fused-ring (bicyclic) bond motifs is 5. The molecule has 4 saturated carbocycles. The molecule has 0 unspecified atom stereocenters. The Labute approximate surface area is 163 Å². The highest BCUT2D eigenvalue weighted by Crippen LogP contribution is 2.66. The van der Waals surface area contributed by atoms with E-state index < -0.39 is 0 Å². The van der Waals surface area contributed by atoms with E-state index in [-0.39, 0.29) is 40.8 Å². The maximum Gasteiger partial charge on any atom is 0.302 e. The molecule has 4 aliphatic carbocycles. The van der Waals surface area contributed by atoms with E-state index in [0.29, 0.717) is 30.0 Å². The molecule has 0 radical (unpaired) electrons. The van der Waals surface area contributed by atoms with E-state index in [2.05, 4.69) is 13.8 Å². The standard InChI is InChI=1S/C23H36O4/c1-13(24)18-7-8-19-17-6-5-15-11-16(27-14(2)25)9-10-22(15,3)21(17)20(26)12-23(18,19)4/h13,15-19,21,24H,5-12H2,1-4H3/t13-,15-,16+,17-,18+,19-,21+,22-,23+/m0/s1. The van der Waals surface area contributed by atoms with Crippen LogP contribution in [0.1, 0.15) is 79.1 Å². The normalized spacial score (nSPS) is 50.3. The van der Waals surface area contributed by atoms with Gasteiger partial charge in [0.2, 0.25) is 0 Å². The van der Waals surface area contributed by atoms with Gasteiger partial charge in [0.25, 0.3) is 0 Å². The van der Waals surface area contributed by atoms with Crippen LogP contribution >= 0.6 is 0 Å². The van der Waals surface area contributed by atoms with Crippen LogP contribution in [-0.2, 0) is 14.3 Å². The molecule has 4 aliphatic rings. The third-order valence-corrected chi connectivity index (χ3v) is 9.29. The van der Waals surface area contributed by atoms with Crippen LogP contribution in [0.5, 0.6) is 0 Å². The van der Waals surface area contributed by atoms with Gasteiger partial charge in [0.1, 0.15) is 11.9 Å². The zero-order valence-electron chi connectivity index (χ0n) is 17.4. The van der Waals surface area contributed by atoms with Gasteiger partial charge in [-0.15, -0.1) is 0 Å². The van der Waals surface area contributed by atoms with Crippen LogP contribution in [0.2, 0.25) is 0 Å². The summed E-state index contributed by atoms with van der Waals surface area (Å²) in [7, 11) is 0. The first-order valence-electron chi connectivity index (χ1n) is 11.0. The number of carbonyl (C=O) groups is 2. The Bertz CT molecular complexity index is 628. The van der Waals surface area contributed by atoms with Crippen LogP contribution in [-0.4, -0.2) is 29.1 Å². The zero-order valence-corrected chi connectivity index (χ0v) is 17.4. The molecular weight excluding hydrogens is 340 g/mol. The summed E-state index contributed by atoms with van der Waals surface area (Å²) in [6, 6.07) is 0. The third-order valence-electron chi connectivity index (χ3n) is 9.29. The molecule has 0 aromatic carbocycles. The summed E-state index contributed by atoms with van der Waals surface area (Å²) >= 11 is 0. The number of aliphatic hydroxyl groups is 1. The van der Waals surface area contributed by atoms with Gasteiger partial charge in [0, 0.05) is 19.3 Å². The summed E-state index contributed by atoms with van der Waals surface area (Å²) in [6.07, 6.45) is 7.65. The molecule has 4 heteroatoms. The molecule has 0 aromatic heterocycles. The molecule has 0 spiro atoms. The lowest BCUT2D eigenvalue weighted by Gasteiger charge is -2.60. The summed E-state index contributed by atoms with van der Waals surface area (Å²) in [5, 5.41) is 10.3. The van der Waals surface area contributed by atoms with Crippen molar-refractivity contribution in [3.05, 3.63) is 0 Å². The minimum atomic E-state index is -0.324. The maximum absolute atomic E-state index is 13.5. The highest BCUT2D eigenvalue weighted by atomic mass is 16.5. The van der Waals surface area contributed by atoms with E-state index in [0.717, 1.165) is 44.9 Å². The van der Waals surface area contributed by atoms with Crippen LogP contribution < -0.4 is 0 Å². The summed E-state index contributed by atoms with van der Waals surface area (Å²) in [5.41, 5.74) is 0.0332. The second-order valence-electron chi connectivity index (χ2n) is 10.6. The molecule has 152 valence electrons. The lowest BCUT2D eigenvalue weighted by atomic mass is 9.44. The lowest BCUT2D eigenvalue weighted by molar-refractivity contribution is -0.170. The second-order valence-corrected chi connectivity index (χ2v) is 10.6. The molecule has 0 heterocycles. The van der Waals surface area contributed by atoms with Crippen LogP contribution in [0.15, 0.2) is 0 Å². The monoisotopic (exact) mass is 376 g/mol. The fourth-order valence-corrected chi connectivity index (χ4v) is 8.21. The molecule has 0 saturated heterocycles. The number of rotatable bonds is 2. The number of esters is 1. The van der Waals surface area contributed by atoms with Crippen molar-refractivity contribution in [2.75, 3.05) is 0 Å². The zero-order chi connectivity index (χ0) is 19.6. The third kappa shape index (κ3) is 2.89. The smallest absolute Gasteiger partial charge is 0.302 e. The number of carbonyl (C=O) groups excluding carboxylic acids is 2. The largest absolute Gasteiger partial charge is 0.463 e. The van der Waals surface area contributed by atoms with Crippen LogP contribution in [0.4, 0.5) is 0 Å². The lowest BCUT2D eigenvalue weighted by Crippen LogP contribution is -2.58. The number of aliphatic hydroxyl groups excluding tert-OH is 1. The number of Topliss-reactive ketones (excluding diaryl/α,β-unsaturated/α-hetero) is 1. The Balaban J connectivity index is 1.59. The SMILES string of the molecule is CC(=O)O[C@@H]1CC[C@@]2(C)[C@@H](CC[C@H]3[C@@H]4CC[C@H]([C@H](C)O)[C@@]4(C)CC(=O)[C@@H]32)C1. The quantitative estimate of drug-likeness (QED) is 0.736. The van der Waals surface area contributed by atoms with E-state index in [1.807, 2.05) is 6.92 Å². The fraction of sp³-hybridized carbons (Fsp3) is 0.913. The van der Waals surface area contributed by atoms with Crippen molar-refractivity contribution in [1.29, 1.82) is 0 Å². The Morgan fingerprint density at radius 3 is 2.56 bits per heavy atom. The first-order valence-corrected chi connectivity index (χ1v) is 11.0. The van der Waals surface area contributed by atoms with E-state index >= 15 is 0 Å². The maximum atomic E-state index is 13.5. The number of hydrogen-bond donors (Lipinski definition) is 1. The molecule has 1 N–H and O–H groups in total. The van der Waals surface area contributed by atoms with E-state index in [9.17, 15) is 14.7 Å². The highest BCUT2D eigenvalue weighted by Gasteiger charge is 2.63. The van der Waals surface area contributed by atoms with Gasteiger partial charge >= 0.3 is 5.97 Å². The Morgan fingerprint density at radius 2 is 1.89 bits per heavy atom. The summed E-state index contributed by atoms with van der Waals surface area (Å²) in [5.74, 6) is 2.23. The van der Waals surface area contributed by atoms with Crippen molar-refractivity contribution < 1.29 is 19.4 Å². The number of ether oxygens (including phenoxy) is 1. The Hall–Kier alpha value is -0.900. The molecular formula is C23H36O4. The first-order chi connectivity index (χ1) is 12.7. The van der Waals surface area contributed by atoms with Gasteiger partial charge in [0.15, 0.2) is 0 Å². The minimum Gasteiger partial charge on any atom is -0.463 e. The van der Waals surface area contributed by atoms with Gasteiger partial charge in [-0.2, -0.15) is 0 Å². The van der Waals surface area contributed by atoms with Crippen LogP contribution in [0, 0.1) is 40.4 Å². The van der Waals surface area contributed by atoms with Crippen molar-refractivity contribution in [2.24, 2.45) is 40.4 Å². The van der Waals surface area contributed by atoms with E-state index in [1.54, 1.807) is 0 Å². The molecule has 4 nitrogen and oxygen atoms in total. The van der Waals surface area contributed by atoms with Crippen molar-refractivity contribution in [3.8, 4) is 0 Å². The molecule has 0 aromatic rings. The van der Waals surface area contributed by atoms with Crippen molar-refractivity contribution in [2.45, 2.75) is 91.3 Å². The molecule has 0 bridgehead atoms. The van der Waals surface area contributed by atoms with E-state index in [1.165, 1.54) is 6.92 Å². The topological polar surface area (TPSA) is 63.6 Å². The predicted octanol–water partition coefficient (Wildman–Crippen LogP) is 4.14. The van der Waals surface area contributed by atoms with Crippen LogP contribution in [0.3, 0.4) is 0 Å². The summed E-state index contributed by atoms with van der Waals surface area (Å²) < 4.78 is 5.52. The van der Waals surface area contributed by atoms with E-state index in [4.69, 9.17) is 4.74 Å². The van der Waals surface area contributed by atoms with Crippen molar-refractivity contribution >= 4 is 11.8 Å². The molecule has 27 heavy (non-hydrogen) atoms. The van der Waals surface area contributed by atoms with Gasteiger partial charge < -0.3 is 9.84 Å². The van der Waals surface area contributed by atoms with Gasteiger partial charge in [0.05, 0.1) is 6.10 Å². The number of ketones is 1. The summed E-state index contributed by atoms with van der Waals surface area (Å²) in [6.45, 7) is 8.03. The summed E-state index contributed by atoms with van der Waals surface area (Å²) in [4.78, 5) is 24.9. The molecule has 4 fully saturated rings.